The number of fused-ring (bicyclic) bond motifs is 1. The summed E-state index contributed by atoms with van der Waals surface area (Å²) < 4.78 is 5.84. The molecule has 4 aromatic rings. The number of nitrogens with zero attached hydrogens (tertiary/aromatic N) is 7. The van der Waals surface area contributed by atoms with Crippen molar-refractivity contribution in [2.75, 3.05) is 0 Å². The summed E-state index contributed by atoms with van der Waals surface area (Å²) in [5.41, 5.74) is 3.76. The Hall–Kier alpha value is -2.96. The zero-order chi connectivity index (χ0) is 15.2. The van der Waals surface area contributed by atoms with E-state index in [-0.39, 0.29) is 0 Å². The summed E-state index contributed by atoms with van der Waals surface area (Å²) in [6.07, 6.45) is 12.3. The van der Waals surface area contributed by atoms with Crippen molar-refractivity contribution in [2.24, 2.45) is 0 Å². The van der Waals surface area contributed by atoms with Gasteiger partial charge >= 0.3 is 0 Å². The molecule has 0 unspecified atom stereocenters. The third-order valence-electron chi connectivity index (χ3n) is 4.09. The summed E-state index contributed by atoms with van der Waals surface area (Å²) in [6.45, 7) is 0.603. The van der Waals surface area contributed by atoms with Crippen molar-refractivity contribution in [3.05, 3.63) is 54.9 Å². The highest BCUT2D eigenvalue weighted by Crippen LogP contribution is 2.34. The number of imidazole rings is 1. The Bertz CT molecular complexity index is 940. The van der Waals surface area contributed by atoms with E-state index in [4.69, 9.17) is 0 Å². The third kappa shape index (κ3) is 2.30. The second-order valence-electron chi connectivity index (χ2n) is 5.94. The first-order chi connectivity index (χ1) is 11.3. The Morgan fingerprint density at radius 2 is 2.09 bits per heavy atom. The zero-order valence-corrected chi connectivity index (χ0v) is 12.4. The van der Waals surface area contributed by atoms with Crippen LogP contribution in [0.1, 0.15) is 24.6 Å². The second-order valence-corrected chi connectivity index (χ2v) is 5.94. The lowest BCUT2D eigenvalue weighted by atomic mass is 10.3. The lowest BCUT2D eigenvalue weighted by molar-refractivity contribution is 0.641. The first kappa shape index (κ1) is 12.6. The van der Waals surface area contributed by atoms with Gasteiger partial charge in [-0.1, -0.05) is 11.3 Å². The highest BCUT2D eigenvalue weighted by Gasteiger charge is 2.24. The van der Waals surface area contributed by atoms with E-state index in [2.05, 4.69) is 26.6 Å². The van der Waals surface area contributed by atoms with Crippen molar-refractivity contribution in [3.8, 4) is 11.3 Å². The molecule has 0 saturated heterocycles. The molecule has 1 aliphatic carbocycles. The molecule has 5 rings (SSSR count). The molecule has 0 radical (unpaired) electrons. The monoisotopic (exact) mass is 305 g/mol. The highest BCUT2D eigenvalue weighted by atomic mass is 15.4. The van der Waals surface area contributed by atoms with Gasteiger partial charge in [-0.2, -0.15) is 5.10 Å². The number of hydrogen-bond acceptors (Lipinski definition) is 4. The lowest BCUT2D eigenvalue weighted by Gasteiger charge is -1.94. The normalized spacial score (nSPS) is 14.6. The van der Waals surface area contributed by atoms with Gasteiger partial charge in [-0.3, -0.25) is 4.68 Å². The molecule has 1 fully saturated rings. The van der Waals surface area contributed by atoms with Crippen LogP contribution in [0.15, 0.2) is 49.2 Å². The summed E-state index contributed by atoms with van der Waals surface area (Å²) in [4.78, 5) is 4.58. The molecule has 4 heterocycles. The van der Waals surface area contributed by atoms with Gasteiger partial charge in [0.2, 0.25) is 0 Å². The number of pyridine rings is 1. The molecule has 0 bridgehead atoms. The fraction of sp³-hybridized carbons (Fsp3) is 0.250. The molecule has 4 aromatic heterocycles. The summed E-state index contributed by atoms with van der Waals surface area (Å²) in [6, 6.07) is 6.54. The molecule has 0 atom stereocenters. The van der Waals surface area contributed by atoms with Gasteiger partial charge in [-0.25, -0.2) is 9.67 Å². The predicted molar refractivity (Wildman–Crippen MR) is 83.8 cm³/mol. The molecule has 0 amide bonds. The summed E-state index contributed by atoms with van der Waals surface area (Å²) >= 11 is 0. The molecule has 114 valence electrons. The Balaban J connectivity index is 1.39. The molecule has 7 nitrogen and oxygen atoms in total. The number of hydrogen-bond donors (Lipinski definition) is 0. The standard InChI is InChI=1S/C16H15N7/c1-2-6-21-9-13(18-16(21)3-1)10-22-11-15(19-20-22)12-7-17-23(8-12)14-4-5-14/h1-3,6-9,11,14H,4-5,10H2. The summed E-state index contributed by atoms with van der Waals surface area (Å²) in [7, 11) is 0. The van der Waals surface area contributed by atoms with Gasteiger partial charge in [0, 0.05) is 24.2 Å². The Kier molecular flexibility index (Phi) is 2.61. The van der Waals surface area contributed by atoms with E-state index in [9.17, 15) is 0 Å². The van der Waals surface area contributed by atoms with Gasteiger partial charge in [0.15, 0.2) is 0 Å². The molecule has 1 aliphatic rings. The Labute approximate surface area is 132 Å². The predicted octanol–water partition coefficient (Wildman–Crippen LogP) is 2.17. The average molecular weight is 305 g/mol. The molecule has 23 heavy (non-hydrogen) atoms. The highest BCUT2D eigenvalue weighted by molar-refractivity contribution is 5.55. The smallest absolute Gasteiger partial charge is 0.137 e. The van der Waals surface area contributed by atoms with Crippen LogP contribution in [0.5, 0.6) is 0 Å². The maximum absolute atomic E-state index is 4.58. The van der Waals surface area contributed by atoms with Crippen molar-refractivity contribution < 1.29 is 0 Å². The second kappa shape index (κ2) is 4.77. The van der Waals surface area contributed by atoms with Crippen molar-refractivity contribution in [1.29, 1.82) is 0 Å². The van der Waals surface area contributed by atoms with E-state index < -0.39 is 0 Å². The van der Waals surface area contributed by atoms with Gasteiger partial charge in [-0.15, -0.1) is 5.10 Å². The topological polar surface area (TPSA) is 65.8 Å². The van der Waals surface area contributed by atoms with Crippen molar-refractivity contribution in [2.45, 2.75) is 25.4 Å². The molecular formula is C16H15N7. The van der Waals surface area contributed by atoms with Crippen molar-refractivity contribution in [1.82, 2.24) is 34.2 Å². The van der Waals surface area contributed by atoms with Crippen LogP contribution in [0.4, 0.5) is 0 Å². The molecule has 0 aliphatic heterocycles. The van der Waals surface area contributed by atoms with E-state index in [0.717, 1.165) is 22.6 Å². The molecular weight excluding hydrogens is 290 g/mol. The Morgan fingerprint density at radius 3 is 2.96 bits per heavy atom. The van der Waals surface area contributed by atoms with Gasteiger partial charge < -0.3 is 4.40 Å². The van der Waals surface area contributed by atoms with Gasteiger partial charge in [0.25, 0.3) is 0 Å². The van der Waals surface area contributed by atoms with Crippen LogP contribution in [-0.4, -0.2) is 34.2 Å². The SMILES string of the molecule is c1ccn2cc(Cn3cc(-c4cnn(C5CC5)c4)nn3)nc2c1. The van der Waals surface area contributed by atoms with Crippen LogP contribution in [0.2, 0.25) is 0 Å². The van der Waals surface area contributed by atoms with Crippen LogP contribution >= 0.6 is 0 Å². The molecule has 0 spiro atoms. The first-order valence-corrected chi connectivity index (χ1v) is 7.72. The number of aromatic nitrogens is 7. The van der Waals surface area contributed by atoms with Crippen LogP contribution in [0.3, 0.4) is 0 Å². The van der Waals surface area contributed by atoms with Gasteiger partial charge in [-0.05, 0) is 25.0 Å². The average Bonchev–Trinajstić information content (AvgIpc) is 3.00. The third-order valence-corrected chi connectivity index (χ3v) is 4.09. The van der Waals surface area contributed by atoms with Crippen LogP contribution in [0, 0.1) is 0 Å². The minimum atomic E-state index is 0.580. The molecule has 0 aromatic carbocycles. The van der Waals surface area contributed by atoms with Crippen LogP contribution < -0.4 is 0 Å². The minimum absolute atomic E-state index is 0.580. The molecule has 1 saturated carbocycles. The van der Waals surface area contributed by atoms with Gasteiger partial charge in [0.1, 0.15) is 11.3 Å². The maximum Gasteiger partial charge on any atom is 0.137 e. The minimum Gasteiger partial charge on any atom is -0.307 e. The van der Waals surface area contributed by atoms with E-state index >= 15 is 0 Å². The van der Waals surface area contributed by atoms with Gasteiger partial charge in [0.05, 0.1) is 30.7 Å². The van der Waals surface area contributed by atoms with Crippen molar-refractivity contribution >= 4 is 5.65 Å². The van der Waals surface area contributed by atoms with E-state index in [1.165, 1.54) is 12.8 Å². The van der Waals surface area contributed by atoms with E-state index in [1.807, 2.05) is 56.8 Å². The zero-order valence-electron chi connectivity index (χ0n) is 12.4. The van der Waals surface area contributed by atoms with Crippen molar-refractivity contribution in [3.63, 3.8) is 0 Å². The van der Waals surface area contributed by atoms with E-state index in [1.54, 1.807) is 0 Å². The first-order valence-electron chi connectivity index (χ1n) is 7.72. The van der Waals surface area contributed by atoms with E-state index in [0.29, 0.717) is 12.6 Å². The molecule has 7 heteroatoms. The maximum atomic E-state index is 4.58. The molecule has 0 N–H and O–H groups in total. The Morgan fingerprint density at radius 1 is 1.13 bits per heavy atom. The summed E-state index contributed by atoms with van der Waals surface area (Å²) in [5, 5.41) is 12.9. The van der Waals surface area contributed by atoms with Crippen LogP contribution in [0.25, 0.3) is 16.9 Å². The largest absolute Gasteiger partial charge is 0.307 e. The quantitative estimate of drug-likeness (QED) is 0.579. The lowest BCUT2D eigenvalue weighted by Crippen LogP contribution is -2.00. The summed E-state index contributed by atoms with van der Waals surface area (Å²) in [5.74, 6) is 0. The fourth-order valence-corrected chi connectivity index (χ4v) is 2.75. The van der Waals surface area contributed by atoms with Crippen LogP contribution in [-0.2, 0) is 6.54 Å². The fourth-order valence-electron chi connectivity index (χ4n) is 2.75. The number of rotatable bonds is 4.